The molecule has 3 heterocycles. The first-order valence-corrected chi connectivity index (χ1v) is 20.6. The van der Waals surface area contributed by atoms with Gasteiger partial charge in [0.1, 0.15) is 30.3 Å². The molecule has 3 aromatic rings. The number of halogens is 1. The molecule has 6 aliphatic rings. The van der Waals surface area contributed by atoms with Crippen LogP contribution in [0, 0.1) is 40.3 Å². The molecule has 4 aliphatic carbocycles. The average molecular weight is 735 g/mol. The van der Waals surface area contributed by atoms with Crippen LogP contribution in [0.25, 0.3) is 0 Å². The molecule has 9 rings (SSSR count). The minimum Gasteiger partial charge on any atom is -0.385 e. The summed E-state index contributed by atoms with van der Waals surface area (Å²) in [5.41, 5.74) is 5.11. The van der Waals surface area contributed by atoms with Crippen molar-refractivity contribution in [2.75, 3.05) is 30.3 Å². The van der Waals surface area contributed by atoms with Crippen LogP contribution in [-0.4, -0.2) is 57.8 Å². The van der Waals surface area contributed by atoms with Gasteiger partial charge in [0.2, 0.25) is 0 Å². The van der Waals surface area contributed by atoms with Crippen LogP contribution >= 0.6 is 0 Å². The summed E-state index contributed by atoms with van der Waals surface area (Å²) in [5, 5.41) is 11.5. The van der Waals surface area contributed by atoms with Gasteiger partial charge < -0.3 is 15.4 Å². The molecule has 2 aliphatic heterocycles. The van der Waals surface area contributed by atoms with Crippen molar-refractivity contribution in [2.24, 2.45) is 46.5 Å². The summed E-state index contributed by atoms with van der Waals surface area (Å²) < 4.78 is 23.1. The topological polar surface area (TPSA) is 110 Å². The van der Waals surface area contributed by atoms with Gasteiger partial charge in [0.15, 0.2) is 5.78 Å². The zero-order valence-corrected chi connectivity index (χ0v) is 32.1. The molecule has 0 amide bonds. The van der Waals surface area contributed by atoms with Crippen LogP contribution in [0.5, 0.6) is 0 Å². The molecule has 10 heteroatoms. The number of nitrogens with zero attached hydrogens (tertiary/aromatic N) is 4. The van der Waals surface area contributed by atoms with Crippen molar-refractivity contribution < 1.29 is 18.7 Å². The summed E-state index contributed by atoms with van der Waals surface area (Å²) in [6.45, 7) is 6.80. The van der Waals surface area contributed by atoms with Gasteiger partial charge in [-0.1, -0.05) is 26.0 Å². The standard InChI is InChI=1S/C44H55FN6O3/c1-43-17-15-30(52)21-27(43)9-12-31-33-13-14-37(44(33,2)18-16-34(31)43)54-20-6-4-5-19-46-29-10-7-26(8-11-29)40-39(42-48-25-49-51(42)3)41-38-32(36(53)24-47-41)22-28(45)23-35(38)50-40/h7-8,10-11,22-23,25,27,31,33-34,37,39-40,46,50H,4-6,9,12-21,24H2,1-3H3/t27-,31-,33-,34-,37?,39+,40+,43-,44-/m0/s1. The minimum atomic E-state index is -0.441. The van der Waals surface area contributed by atoms with Crippen molar-refractivity contribution in [2.45, 2.75) is 109 Å². The zero-order chi connectivity index (χ0) is 37.2. The van der Waals surface area contributed by atoms with Crippen LogP contribution in [0.1, 0.15) is 130 Å². The second-order valence-electron chi connectivity index (χ2n) is 17.8. The molecule has 9 atom stereocenters. The first kappa shape index (κ1) is 35.8. The predicted octanol–water partition coefficient (Wildman–Crippen LogP) is 8.47. The number of benzene rings is 2. The lowest BCUT2D eigenvalue weighted by atomic mass is 9.45. The van der Waals surface area contributed by atoms with E-state index in [1.807, 2.05) is 7.05 Å². The number of carbonyl (C=O) groups is 2. The SMILES string of the molecule is Cn1ncnc1[C@H]1C2=NCC(=O)c3cc(F)cc(c32)N[C@@H]1c1ccc(NCCCCCOC2CC[C@H]3[C@@H]4CC[C@H]5CC(=O)CC[C@]5(C)[C@H]4CC[C@]23C)cc1. The highest BCUT2D eigenvalue weighted by Crippen LogP contribution is 2.66. The normalized spacial score (nSPS) is 33.9. The Morgan fingerprint density at radius 1 is 0.981 bits per heavy atom. The Morgan fingerprint density at radius 2 is 1.81 bits per heavy atom. The Hall–Kier alpha value is -3.92. The summed E-state index contributed by atoms with van der Waals surface area (Å²) in [5.74, 6) is 3.31. The van der Waals surface area contributed by atoms with E-state index < -0.39 is 5.82 Å². The van der Waals surface area contributed by atoms with Gasteiger partial charge in [-0.05, 0) is 129 Å². The smallest absolute Gasteiger partial charge is 0.185 e. The number of aromatic nitrogens is 3. The summed E-state index contributed by atoms with van der Waals surface area (Å²) in [6.07, 6.45) is 15.6. The maximum atomic E-state index is 14.7. The number of carbonyl (C=O) groups excluding carboxylic acids is 2. The Morgan fingerprint density at radius 3 is 2.63 bits per heavy atom. The fourth-order valence-corrected chi connectivity index (χ4v) is 12.3. The van der Waals surface area contributed by atoms with Crippen molar-refractivity contribution in [1.82, 2.24) is 14.8 Å². The van der Waals surface area contributed by atoms with E-state index in [0.717, 1.165) is 92.2 Å². The largest absolute Gasteiger partial charge is 0.385 e. The van der Waals surface area contributed by atoms with Crippen LogP contribution in [0.15, 0.2) is 47.7 Å². The van der Waals surface area contributed by atoms with Crippen LogP contribution in [0.4, 0.5) is 15.8 Å². The van der Waals surface area contributed by atoms with Gasteiger partial charge in [-0.25, -0.2) is 9.37 Å². The van der Waals surface area contributed by atoms with E-state index in [2.05, 4.69) is 58.8 Å². The van der Waals surface area contributed by atoms with Gasteiger partial charge in [0.05, 0.1) is 23.8 Å². The molecule has 0 bridgehead atoms. The monoisotopic (exact) mass is 734 g/mol. The number of Topliss-reactive ketones (excluding diaryl/α,β-unsaturated/α-hetero) is 2. The Balaban J connectivity index is 0.771. The first-order valence-electron chi connectivity index (χ1n) is 20.6. The molecule has 0 radical (unpaired) electrons. The molecule has 4 saturated carbocycles. The number of ketones is 2. The van der Waals surface area contributed by atoms with E-state index in [1.165, 1.54) is 57.0 Å². The first-order chi connectivity index (χ1) is 26.1. The van der Waals surface area contributed by atoms with Crippen LogP contribution < -0.4 is 10.6 Å². The summed E-state index contributed by atoms with van der Waals surface area (Å²) in [6, 6.07) is 10.9. The number of ether oxygens (including phenoxy) is 1. The molecule has 0 spiro atoms. The highest BCUT2D eigenvalue weighted by Gasteiger charge is 2.60. The van der Waals surface area contributed by atoms with Crippen molar-refractivity contribution in [3.63, 3.8) is 0 Å². The van der Waals surface area contributed by atoms with Crippen LogP contribution in [0.3, 0.4) is 0 Å². The fourth-order valence-electron chi connectivity index (χ4n) is 12.3. The molecular weight excluding hydrogens is 680 g/mol. The molecule has 286 valence electrons. The maximum Gasteiger partial charge on any atom is 0.185 e. The van der Waals surface area contributed by atoms with Crippen molar-refractivity contribution in [3.05, 3.63) is 71.1 Å². The molecule has 1 aromatic heterocycles. The van der Waals surface area contributed by atoms with E-state index in [1.54, 1.807) is 4.68 Å². The van der Waals surface area contributed by atoms with E-state index in [4.69, 9.17) is 9.73 Å². The van der Waals surface area contributed by atoms with Crippen LogP contribution in [-0.2, 0) is 16.6 Å². The van der Waals surface area contributed by atoms with Crippen LogP contribution in [0.2, 0.25) is 0 Å². The number of hydrogen-bond donors (Lipinski definition) is 2. The lowest BCUT2D eigenvalue weighted by Crippen LogP contribution is -2.54. The second kappa shape index (κ2) is 14.0. The third-order valence-corrected chi connectivity index (χ3v) is 15.2. The number of aryl methyl sites for hydroxylation is 1. The van der Waals surface area contributed by atoms with E-state index in [0.29, 0.717) is 45.4 Å². The number of hydrogen-bond acceptors (Lipinski definition) is 8. The maximum absolute atomic E-state index is 14.7. The van der Waals surface area contributed by atoms with Crippen molar-refractivity contribution in [3.8, 4) is 0 Å². The van der Waals surface area contributed by atoms with Gasteiger partial charge in [-0.2, -0.15) is 5.10 Å². The quantitative estimate of drug-likeness (QED) is 0.201. The van der Waals surface area contributed by atoms with Gasteiger partial charge >= 0.3 is 0 Å². The van der Waals surface area contributed by atoms with Gasteiger partial charge in [-0.3, -0.25) is 19.3 Å². The number of fused-ring (bicyclic) bond motifs is 5. The molecule has 2 N–H and O–H groups in total. The lowest BCUT2D eigenvalue weighted by Gasteiger charge is -2.60. The number of anilines is 2. The molecule has 0 saturated heterocycles. The van der Waals surface area contributed by atoms with E-state index in [9.17, 15) is 14.0 Å². The van der Waals surface area contributed by atoms with E-state index >= 15 is 0 Å². The van der Waals surface area contributed by atoms with Gasteiger partial charge in [-0.15, -0.1) is 0 Å². The third kappa shape index (κ3) is 6.02. The Kier molecular flexibility index (Phi) is 9.26. The molecule has 4 fully saturated rings. The van der Waals surface area contributed by atoms with Crippen molar-refractivity contribution in [1.29, 1.82) is 0 Å². The summed E-state index contributed by atoms with van der Waals surface area (Å²) in [7, 11) is 1.86. The number of unbranched alkanes of at least 4 members (excludes halogenated alkanes) is 2. The van der Waals surface area contributed by atoms with Gasteiger partial charge in [0.25, 0.3) is 0 Å². The number of rotatable bonds is 10. The molecule has 1 unspecified atom stereocenters. The van der Waals surface area contributed by atoms with E-state index in [-0.39, 0.29) is 24.3 Å². The predicted molar refractivity (Wildman–Crippen MR) is 207 cm³/mol. The average Bonchev–Trinajstić information content (AvgIpc) is 3.74. The van der Waals surface area contributed by atoms with Gasteiger partial charge in [0, 0.05) is 55.5 Å². The van der Waals surface area contributed by atoms with Crippen molar-refractivity contribution >= 4 is 28.7 Å². The molecule has 54 heavy (non-hydrogen) atoms. The zero-order valence-electron chi connectivity index (χ0n) is 32.1. The number of aliphatic imine (C=N–C) groups is 1. The Bertz CT molecular complexity index is 1960. The fraction of sp³-hybridized carbons (Fsp3) is 0.614. The summed E-state index contributed by atoms with van der Waals surface area (Å²) >= 11 is 0. The molecular formula is C44H55FN6O3. The molecule has 2 aromatic carbocycles. The second-order valence-corrected chi connectivity index (χ2v) is 17.8. The molecule has 9 nitrogen and oxygen atoms in total. The highest BCUT2D eigenvalue weighted by molar-refractivity contribution is 6.21. The number of nitrogens with one attached hydrogen (secondary N) is 2. The third-order valence-electron chi connectivity index (χ3n) is 15.2. The summed E-state index contributed by atoms with van der Waals surface area (Å²) in [4.78, 5) is 34.3. The highest BCUT2D eigenvalue weighted by atomic mass is 19.1. The minimum absolute atomic E-state index is 0.00603. The Labute approximate surface area is 318 Å². The lowest BCUT2D eigenvalue weighted by molar-refractivity contribution is -0.145.